The van der Waals surface area contributed by atoms with Crippen LogP contribution in [0.15, 0.2) is 0 Å². The molecule has 0 aromatic heterocycles. The van der Waals surface area contributed by atoms with Gasteiger partial charge in [0.25, 0.3) is 0 Å². The number of rotatable bonds is 3. The summed E-state index contributed by atoms with van der Waals surface area (Å²) in [5, 5.41) is 0. The van der Waals surface area contributed by atoms with Crippen molar-refractivity contribution in [1.82, 2.24) is 4.90 Å². The molecule has 2 aliphatic carbocycles. The molecule has 2 fully saturated rings. The molecule has 2 saturated carbocycles. The van der Waals surface area contributed by atoms with Crippen LogP contribution in [0.2, 0.25) is 0 Å². The van der Waals surface area contributed by atoms with Gasteiger partial charge in [-0.05, 0) is 45.4 Å². The van der Waals surface area contributed by atoms with Crippen molar-refractivity contribution in [2.24, 2.45) is 11.7 Å². The van der Waals surface area contributed by atoms with Crippen LogP contribution in [0.1, 0.15) is 45.4 Å². The topological polar surface area (TPSA) is 46.3 Å². The van der Waals surface area contributed by atoms with Gasteiger partial charge in [0, 0.05) is 24.5 Å². The van der Waals surface area contributed by atoms with Crippen molar-refractivity contribution in [3.63, 3.8) is 0 Å². The minimum absolute atomic E-state index is 0. The van der Waals surface area contributed by atoms with E-state index in [2.05, 4.69) is 11.8 Å². The van der Waals surface area contributed by atoms with E-state index in [-0.39, 0.29) is 24.4 Å². The van der Waals surface area contributed by atoms with Crippen LogP contribution < -0.4 is 5.73 Å². The van der Waals surface area contributed by atoms with Crippen molar-refractivity contribution in [3.05, 3.63) is 0 Å². The standard InChI is InChI=1S/C12H22N2O.ClH/c1-2-14(11-4-3-5-11)12(15)9-6-7-10(13)8-9;/h9-11H,2-8,13H2,1H3;1H. The van der Waals surface area contributed by atoms with Crippen LogP contribution in [0, 0.1) is 5.92 Å². The molecule has 2 rings (SSSR count). The third-order valence-corrected chi connectivity index (χ3v) is 3.96. The van der Waals surface area contributed by atoms with Gasteiger partial charge in [-0.15, -0.1) is 12.4 Å². The smallest absolute Gasteiger partial charge is 0.225 e. The molecule has 0 spiro atoms. The Morgan fingerprint density at radius 3 is 2.38 bits per heavy atom. The van der Waals surface area contributed by atoms with E-state index in [4.69, 9.17) is 5.73 Å². The van der Waals surface area contributed by atoms with Gasteiger partial charge >= 0.3 is 0 Å². The predicted octanol–water partition coefficient (Wildman–Crippen LogP) is 1.94. The Hall–Kier alpha value is -0.280. The Morgan fingerprint density at radius 2 is 2.00 bits per heavy atom. The second-order valence-electron chi connectivity index (χ2n) is 4.98. The predicted molar refractivity (Wildman–Crippen MR) is 67.6 cm³/mol. The summed E-state index contributed by atoms with van der Waals surface area (Å²) in [6.45, 7) is 2.96. The fraction of sp³-hybridized carbons (Fsp3) is 0.917. The second-order valence-corrected chi connectivity index (χ2v) is 4.98. The molecule has 2 N–H and O–H groups in total. The first-order valence-electron chi connectivity index (χ1n) is 6.28. The van der Waals surface area contributed by atoms with Crippen molar-refractivity contribution in [3.8, 4) is 0 Å². The van der Waals surface area contributed by atoms with Crippen LogP contribution in [-0.2, 0) is 4.79 Å². The average Bonchev–Trinajstić information content (AvgIpc) is 2.57. The highest BCUT2D eigenvalue weighted by atomic mass is 35.5. The molecule has 94 valence electrons. The third-order valence-electron chi connectivity index (χ3n) is 3.96. The van der Waals surface area contributed by atoms with Gasteiger partial charge in [-0.3, -0.25) is 4.79 Å². The second kappa shape index (κ2) is 5.87. The summed E-state index contributed by atoms with van der Waals surface area (Å²) in [5.74, 6) is 0.593. The number of amides is 1. The first kappa shape index (κ1) is 13.8. The Kier molecular flexibility index (Phi) is 5.06. The van der Waals surface area contributed by atoms with Gasteiger partial charge in [-0.25, -0.2) is 0 Å². The lowest BCUT2D eigenvalue weighted by Crippen LogP contribution is -2.46. The summed E-state index contributed by atoms with van der Waals surface area (Å²) >= 11 is 0. The highest BCUT2D eigenvalue weighted by molar-refractivity contribution is 5.85. The van der Waals surface area contributed by atoms with Crippen LogP contribution in [0.5, 0.6) is 0 Å². The number of nitrogens with zero attached hydrogens (tertiary/aromatic N) is 1. The fourth-order valence-corrected chi connectivity index (χ4v) is 2.77. The largest absolute Gasteiger partial charge is 0.340 e. The van der Waals surface area contributed by atoms with E-state index >= 15 is 0 Å². The van der Waals surface area contributed by atoms with Crippen LogP contribution in [0.4, 0.5) is 0 Å². The van der Waals surface area contributed by atoms with Gasteiger partial charge in [-0.2, -0.15) is 0 Å². The summed E-state index contributed by atoms with van der Waals surface area (Å²) in [7, 11) is 0. The molecular weight excluding hydrogens is 224 g/mol. The molecule has 3 nitrogen and oxygen atoms in total. The number of hydrogen-bond donors (Lipinski definition) is 1. The molecule has 2 unspecified atom stereocenters. The monoisotopic (exact) mass is 246 g/mol. The lowest BCUT2D eigenvalue weighted by molar-refractivity contribution is -0.139. The molecule has 16 heavy (non-hydrogen) atoms. The normalized spacial score (nSPS) is 29.4. The number of halogens is 1. The zero-order valence-electron chi connectivity index (χ0n) is 10.0. The SMILES string of the molecule is CCN(C(=O)C1CCC(N)C1)C1CCC1.Cl. The maximum absolute atomic E-state index is 12.2. The molecule has 1 amide bonds. The van der Waals surface area contributed by atoms with Gasteiger partial charge in [0.2, 0.25) is 5.91 Å². The van der Waals surface area contributed by atoms with Crippen LogP contribution in [0.3, 0.4) is 0 Å². The molecule has 0 heterocycles. The van der Waals surface area contributed by atoms with E-state index in [1.165, 1.54) is 19.3 Å². The van der Waals surface area contributed by atoms with Crippen molar-refractivity contribution in [2.45, 2.75) is 57.5 Å². The molecule has 0 aromatic rings. The minimum Gasteiger partial charge on any atom is -0.340 e. The average molecular weight is 247 g/mol. The van der Waals surface area contributed by atoms with Crippen LogP contribution in [-0.4, -0.2) is 29.4 Å². The first-order valence-corrected chi connectivity index (χ1v) is 6.28. The van der Waals surface area contributed by atoms with E-state index in [0.29, 0.717) is 11.9 Å². The Labute approximate surface area is 104 Å². The van der Waals surface area contributed by atoms with E-state index in [9.17, 15) is 4.79 Å². The summed E-state index contributed by atoms with van der Waals surface area (Å²) < 4.78 is 0. The molecule has 0 saturated heterocycles. The molecular formula is C12H23ClN2O. The Balaban J connectivity index is 0.00000128. The van der Waals surface area contributed by atoms with Gasteiger partial charge in [-0.1, -0.05) is 0 Å². The zero-order chi connectivity index (χ0) is 10.8. The summed E-state index contributed by atoms with van der Waals surface area (Å²) in [5.41, 5.74) is 5.86. The van der Waals surface area contributed by atoms with Gasteiger partial charge in [0.15, 0.2) is 0 Å². The van der Waals surface area contributed by atoms with Crippen molar-refractivity contribution in [2.75, 3.05) is 6.54 Å². The van der Waals surface area contributed by atoms with E-state index in [1.54, 1.807) is 0 Å². The molecule has 0 aliphatic heterocycles. The molecule has 0 bridgehead atoms. The van der Waals surface area contributed by atoms with Gasteiger partial charge in [0.05, 0.1) is 0 Å². The van der Waals surface area contributed by atoms with E-state index in [1.807, 2.05) is 0 Å². The van der Waals surface area contributed by atoms with E-state index in [0.717, 1.165) is 25.8 Å². The highest BCUT2D eigenvalue weighted by Crippen LogP contribution is 2.30. The maximum Gasteiger partial charge on any atom is 0.225 e. The number of nitrogens with two attached hydrogens (primary N) is 1. The fourth-order valence-electron chi connectivity index (χ4n) is 2.77. The molecule has 4 heteroatoms. The van der Waals surface area contributed by atoms with Crippen molar-refractivity contribution in [1.29, 1.82) is 0 Å². The highest BCUT2D eigenvalue weighted by Gasteiger charge is 2.34. The van der Waals surface area contributed by atoms with Crippen LogP contribution >= 0.6 is 12.4 Å². The summed E-state index contributed by atoms with van der Waals surface area (Å²) in [6, 6.07) is 0.804. The van der Waals surface area contributed by atoms with Crippen molar-refractivity contribution >= 4 is 18.3 Å². The Morgan fingerprint density at radius 1 is 1.31 bits per heavy atom. The lowest BCUT2D eigenvalue weighted by atomic mass is 9.90. The van der Waals surface area contributed by atoms with Crippen molar-refractivity contribution < 1.29 is 4.79 Å². The molecule has 0 aromatic carbocycles. The van der Waals surface area contributed by atoms with Gasteiger partial charge < -0.3 is 10.6 Å². The minimum atomic E-state index is 0. The lowest BCUT2D eigenvalue weighted by Gasteiger charge is -2.38. The molecule has 2 atom stereocenters. The number of carbonyl (C=O) groups is 1. The van der Waals surface area contributed by atoms with Gasteiger partial charge in [0.1, 0.15) is 0 Å². The molecule has 2 aliphatic rings. The molecule has 0 radical (unpaired) electrons. The maximum atomic E-state index is 12.2. The summed E-state index contributed by atoms with van der Waals surface area (Å²) in [4.78, 5) is 14.3. The Bertz CT molecular complexity index is 243. The summed E-state index contributed by atoms with van der Waals surface area (Å²) in [6.07, 6.45) is 6.64. The zero-order valence-corrected chi connectivity index (χ0v) is 10.8. The quantitative estimate of drug-likeness (QED) is 0.827. The van der Waals surface area contributed by atoms with E-state index < -0.39 is 0 Å². The number of carbonyl (C=O) groups excluding carboxylic acids is 1. The first-order chi connectivity index (χ1) is 7.22. The number of hydrogen-bond acceptors (Lipinski definition) is 2. The third kappa shape index (κ3) is 2.69. The van der Waals surface area contributed by atoms with Crippen LogP contribution in [0.25, 0.3) is 0 Å².